The first-order chi connectivity index (χ1) is 11.4. The van der Waals surface area contributed by atoms with Gasteiger partial charge in [0.2, 0.25) is 5.91 Å². The maximum atomic E-state index is 12.6. The van der Waals surface area contributed by atoms with E-state index in [1.165, 1.54) is 18.2 Å². The van der Waals surface area contributed by atoms with Gasteiger partial charge in [-0.1, -0.05) is 24.3 Å². The van der Waals surface area contributed by atoms with Crippen LogP contribution in [0, 0.1) is 0 Å². The summed E-state index contributed by atoms with van der Waals surface area (Å²) in [5.41, 5.74) is 0.428. The van der Waals surface area contributed by atoms with Crippen LogP contribution in [-0.2, 0) is 17.5 Å². The van der Waals surface area contributed by atoms with Gasteiger partial charge in [-0.3, -0.25) is 4.79 Å². The van der Waals surface area contributed by atoms with Gasteiger partial charge in [-0.25, -0.2) is 0 Å². The number of alkyl halides is 3. The first kappa shape index (κ1) is 17.6. The summed E-state index contributed by atoms with van der Waals surface area (Å²) < 4.78 is 43.0. The molecule has 0 atom stereocenters. The van der Waals surface area contributed by atoms with Crippen molar-refractivity contribution in [2.24, 2.45) is 0 Å². The molecular formula is C18H16F3NO2. The molecule has 0 unspecified atom stereocenters. The molecule has 126 valence electrons. The van der Waals surface area contributed by atoms with Crippen LogP contribution in [0.1, 0.15) is 16.7 Å². The van der Waals surface area contributed by atoms with Crippen molar-refractivity contribution in [3.8, 4) is 5.75 Å². The number of halogens is 3. The summed E-state index contributed by atoms with van der Waals surface area (Å²) in [7, 11) is 1.55. The molecule has 2 aromatic rings. The number of amides is 1. The summed E-state index contributed by atoms with van der Waals surface area (Å²) in [5, 5.41) is 2.55. The van der Waals surface area contributed by atoms with Crippen LogP contribution in [0.2, 0.25) is 0 Å². The van der Waals surface area contributed by atoms with Crippen LogP contribution in [0.25, 0.3) is 6.08 Å². The molecule has 0 radical (unpaired) electrons. The third kappa shape index (κ3) is 5.15. The Kier molecular flexibility index (Phi) is 5.63. The van der Waals surface area contributed by atoms with E-state index >= 15 is 0 Å². The molecule has 24 heavy (non-hydrogen) atoms. The standard InChI is InChI=1S/C18H16F3NO2/c1-24-16-7-3-4-13(11-16)8-9-17(23)22-12-14-5-2-6-15(10-14)18(19,20)21/h2-11H,12H2,1H3,(H,22,23)/b9-8-. The fourth-order valence-electron chi connectivity index (χ4n) is 2.02. The Bertz CT molecular complexity index is 739. The van der Waals surface area contributed by atoms with Crippen LogP contribution in [0.5, 0.6) is 5.75 Å². The zero-order chi connectivity index (χ0) is 17.6. The third-order valence-corrected chi connectivity index (χ3v) is 3.24. The van der Waals surface area contributed by atoms with Gasteiger partial charge in [0.1, 0.15) is 5.75 Å². The summed E-state index contributed by atoms with van der Waals surface area (Å²) in [6.45, 7) is 0.0191. The first-order valence-electron chi connectivity index (χ1n) is 7.14. The fourth-order valence-corrected chi connectivity index (χ4v) is 2.02. The van der Waals surface area contributed by atoms with Gasteiger partial charge in [0.05, 0.1) is 12.7 Å². The lowest BCUT2D eigenvalue weighted by molar-refractivity contribution is -0.137. The van der Waals surface area contributed by atoms with Crippen molar-refractivity contribution in [3.05, 3.63) is 71.3 Å². The van der Waals surface area contributed by atoms with Gasteiger partial charge < -0.3 is 10.1 Å². The average molecular weight is 335 g/mol. The molecule has 0 aliphatic carbocycles. The molecule has 0 saturated heterocycles. The Morgan fingerprint density at radius 3 is 2.62 bits per heavy atom. The maximum Gasteiger partial charge on any atom is 0.416 e. The van der Waals surface area contributed by atoms with Crippen LogP contribution < -0.4 is 10.1 Å². The largest absolute Gasteiger partial charge is 0.497 e. The van der Waals surface area contributed by atoms with E-state index in [0.717, 1.165) is 17.7 Å². The molecule has 2 aromatic carbocycles. The van der Waals surface area contributed by atoms with Gasteiger partial charge in [-0.2, -0.15) is 13.2 Å². The van der Waals surface area contributed by atoms with Crippen molar-refractivity contribution < 1.29 is 22.7 Å². The number of ether oxygens (including phenoxy) is 1. The first-order valence-corrected chi connectivity index (χ1v) is 7.14. The number of nitrogens with one attached hydrogen (secondary N) is 1. The van der Waals surface area contributed by atoms with Gasteiger partial charge >= 0.3 is 6.18 Å². The molecule has 1 N–H and O–H groups in total. The Hall–Kier alpha value is -2.76. The second-order valence-corrected chi connectivity index (χ2v) is 5.03. The van der Waals surface area contributed by atoms with Crippen molar-refractivity contribution >= 4 is 12.0 Å². The number of methoxy groups -OCH3 is 1. The SMILES string of the molecule is COc1cccc(/C=C\C(=O)NCc2cccc(C(F)(F)F)c2)c1. The van der Waals surface area contributed by atoms with Gasteiger partial charge in [0.25, 0.3) is 0 Å². The smallest absolute Gasteiger partial charge is 0.416 e. The molecule has 3 nitrogen and oxygen atoms in total. The van der Waals surface area contributed by atoms with Crippen molar-refractivity contribution in [1.82, 2.24) is 5.32 Å². The van der Waals surface area contributed by atoms with Gasteiger partial charge in [0, 0.05) is 12.6 Å². The number of carbonyl (C=O) groups excluding carboxylic acids is 1. The minimum Gasteiger partial charge on any atom is -0.497 e. The summed E-state index contributed by atoms with van der Waals surface area (Å²) in [4.78, 5) is 11.8. The molecule has 2 rings (SSSR count). The number of hydrogen-bond donors (Lipinski definition) is 1. The van der Waals surface area contributed by atoms with E-state index in [1.807, 2.05) is 0 Å². The molecule has 0 bridgehead atoms. The van der Waals surface area contributed by atoms with E-state index in [-0.39, 0.29) is 6.54 Å². The van der Waals surface area contributed by atoms with E-state index in [9.17, 15) is 18.0 Å². The molecule has 0 aliphatic heterocycles. The van der Waals surface area contributed by atoms with Crippen LogP contribution in [0.3, 0.4) is 0 Å². The minimum atomic E-state index is -4.40. The second-order valence-electron chi connectivity index (χ2n) is 5.03. The lowest BCUT2D eigenvalue weighted by atomic mass is 10.1. The highest BCUT2D eigenvalue weighted by Crippen LogP contribution is 2.29. The molecule has 0 heterocycles. The van der Waals surface area contributed by atoms with Crippen LogP contribution >= 0.6 is 0 Å². The average Bonchev–Trinajstić information content (AvgIpc) is 2.58. The molecular weight excluding hydrogens is 319 g/mol. The Labute approximate surface area is 137 Å². The summed E-state index contributed by atoms with van der Waals surface area (Å²) >= 11 is 0. The lowest BCUT2D eigenvalue weighted by Crippen LogP contribution is -2.20. The summed E-state index contributed by atoms with van der Waals surface area (Å²) in [6, 6.07) is 12.0. The van der Waals surface area contributed by atoms with Crippen molar-refractivity contribution in [3.63, 3.8) is 0 Å². The zero-order valence-electron chi connectivity index (χ0n) is 12.9. The van der Waals surface area contributed by atoms with E-state index < -0.39 is 17.6 Å². The van der Waals surface area contributed by atoms with Crippen molar-refractivity contribution in [2.45, 2.75) is 12.7 Å². The number of benzene rings is 2. The Balaban J connectivity index is 1.94. The van der Waals surface area contributed by atoms with Crippen LogP contribution in [0.4, 0.5) is 13.2 Å². The van der Waals surface area contributed by atoms with E-state index in [4.69, 9.17) is 4.74 Å². The number of hydrogen-bond acceptors (Lipinski definition) is 2. The molecule has 0 saturated carbocycles. The van der Waals surface area contributed by atoms with Gasteiger partial charge in [-0.05, 0) is 41.5 Å². The monoisotopic (exact) mass is 335 g/mol. The topological polar surface area (TPSA) is 38.3 Å². The third-order valence-electron chi connectivity index (χ3n) is 3.24. The highest BCUT2D eigenvalue weighted by molar-refractivity contribution is 5.91. The van der Waals surface area contributed by atoms with Crippen LogP contribution in [-0.4, -0.2) is 13.0 Å². The van der Waals surface area contributed by atoms with Gasteiger partial charge in [0.15, 0.2) is 0 Å². The Morgan fingerprint density at radius 2 is 1.92 bits per heavy atom. The quantitative estimate of drug-likeness (QED) is 0.838. The Morgan fingerprint density at radius 1 is 1.17 bits per heavy atom. The maximum absolute atomic E-state index is 12.6. The number of rotatable bonds is 5. The lowest BCUT2D eigenvalue weighted by Gasteiger charge is -2.09. The van der Waals surface area contributed by atoms with E-state index in [1.54, 1.807) is 37.5 Å². The molecule has 0 aliphatic rings. The highest BCUT2D eigenvalue weighted by atomic mass is 19.4. The normalized spacial score (nSPS) is 11.5. The summed E-state index contributed by atoms with van der Waals surface area (Å²) in [5.74, 6) is 0.275. The molecule has 0 aromatic heterocycles. The molecule has 0 spiro atoms. The second kappa shape index (κ2) is 7.68. The minimum absolute atomic E-state index is 0.0191. The van der Waals surface area contributed by atoms with Crippen molar-refractivity contribution in [2.75, 3.05) is 7.11 Å². The van der Waals surface area contributed by atoms with Gasteiger partial charge in [-0.15, -0.1) is 0 Å². The van der Waals surface area contributed by atoms with Crippen molar-refractivity contribution in [1.29, 1.82) is 0 Å². The predicted octanol–water partition coefficient (Wildman–Crippen LogP) is 4.04. The zero-order valence-corrected chi connectivity index (χ0v) is 12.9. The molecule has 6 heteroatoms. The fraction of sp³-hybridized carbons (Fsp3) is 0.167. The predicted molar refractivity (Wildman–Crippen MR) is 85.3 cm³/mol. The number of carbonyl (C=O) groups is 1. The molecule has 1 amide bonds. The molecule has 0 fully saturated rings. The highest BCUT2D eigenvalue weighted by Gasteiger charge is 2.30. The van der Waals surface area contributed by atoms with E-state index in [0.29, 0.717) is 11.3 Å². The van der Waals surface area contributed by atoms with E-state index in [2.05, 4.69) is 5.32 Å². The van der Waals surface area contributed by atoms with Crippen LogP contribution in [0.15, 0.2) is 54.6 Å². The summed E-state index contributed by atoms with van der Waals surface area (Å²) in [6.07, 6.45) is -1.47.